The number of pyridine rings is 1. The van der Waals surface area contributed by atoms with Crippen molar-refractivity contribution in [2.24, 2.45) is 0 Å². The van der Waals surface area contributed by atoms with E-state index in [1.54, 1.807) is 32.4 Å². The second-order valence-corrected chi connectivity index (χ2v) is 6.78. The van der Waals surface area contributed by atoms with E-state index < -0.39 is 0 Å². The number of carbonyl (C=O) groups excluding carboxylic acids is 1. The summed E-state index contributed by atoms with van der Waals surface area (Å²) in [6.45, 7) is 1.44. The normalized spacial score (nSPS) is 13.8. The van der Waals surface area contributed by atoms with Gasteiger partial charge in [0.1, 0.15) is 17.3 Å². The van der Waals surface area contributed by atoms with Crippen molar-refractivity contribution in [3.63, 3.8) is 0 Å². The molecule has 0 radical (unpaired) electrons. The van der Waals surface area contributed by atoms with Gasteiger partial charge in [0, 0.05) is 30.1 Å². The van der Waals surface area contributed by atoms with E-state index in [0.717, 1.165) is 31.5 Å². The molecule has 6 heteroatoms. The van der Waals surface area contributed by atoms with E-state index in [2.05, 4.69) is 4.98 Å². The average Bonchev–Trinajstić information content (AvgIpc) is 3.27. The van der Waals surface area contributed by atoms with E-state index in [1.807, 2.05) is 17.0 Å². The van der Waals surface area contributed by atoms with Crippen molar-refractivity contribution in [2.75, 3.05) is 27.3 Å². The summed E-state index contributed by atoms with van der Waals surface area (Å²) in [6.07, 6.45) is 1.98. The molecule has 0 aliphatic carbocycles. The lowest BCUT2D eigenvalue weighted by Crippen LogP contribution is -2.28. The van der Waals surface area contributed by atoms with E-state index >= 15 is 0 Å². The van der Waals surface area contributed by atoms with Gasteiger partial charge in [0.25, 0.3) is 5.91 Å². The Morgan fingerprint density at radius 2 is 1.82 bits per heavy atom. The Morgan fingerprint density at radius 3 is 2.54 bits per heavy atom. The topological polar surface area (TPSA) is 51.7 Å². The van der Waals surface area contributed by atoms with Gasteiger partial charge in [0.05, 0.1) is 31.0 Å². The van der Waals surface area contributed by atoms with Crippen molar-refractivity contribution in [2.45, 2.75) is 12.8 Å². The quantitative estimate of drug-likeness (QED) is 0.677. The highest BCUT2D eigenvalue weighted by atomic mass is 19.1. The maximum atomic E-state index is 13.9. The first kappa shape index (κ1) is 18.2. The fraction of sp³-hybridized carbons (Fsp3) is 0.273. The minimum absolute atomic E-state index is 0.0933. The summed E-state index contributed by atoms with van der Waals surface area (Å²) in [7, 11) is 3.16. The number of halogens is 1. The minimum atomic E-state index is -0.389. The van der Waals surface area contributed by atoms with Gasteiger partial charge < -0.3 is 14.4 Å². The summed E-state index contributed by atoms with van der Waals surface area (Å²) in [6, 6.07) is 11.5. The summed E-state index contributed by atoms with van der Waals surface area (Å²) in [5.74, 6) is 0.772. The highest BCUT2D eigenvalue weighted by Crippen LogP contribution is 2.35. The Labute approximate surface area is 162 Å². The molecule has 0 bridgehead atoms. The second kappa shape index (κ2) is 7.46. The molecule has 0 atom stereocenters. The SMILES string of the molecule is COc1ccc(-c2cc(C(=O)N3CCCC3)c3cc(F)ccc3n2)c(OC)c1. The molecule has 2 aromatic carbocycles. The van der Waals surface area contributed by atoms with Crippen LogP contribution in [0.1, 0.15) is 23.2 Å². The third-order valence-corrected chi connectivity index (χ3v) is 5.08. The van der Waals surface area contributed by atoms with Crippen LogP contribution < -0.4 is 9.47 Å². The Bertz CT molecular complexity index is 1050. The number of nitrogens with zero attached hydrogens (tertiary/aromatic N) is 2. The van der Waals surface area contributed by atoms with E-state index in [-0.39, 0.29) is 11.7 Å². The molecule has 4 rings (SSSR count). The maximum absolute atomic E-state index is 13.9. The first-order valence-electron chi connectivity index (χ1n) is 9.22. The van der Waals surface area contributed by atoms with Gasteiger partial charge in [-0.2, -0.15) is 0 Å². The summed E-state index contributed by atoms with van der Waals surface area (Å²) in [5, 5.41) is 0.521. The molecule has 3 aromatic rings. The van der Waals surface area contributed by atoms with E-state index in [9.17, 15) is 9.18 Å². The first-order chi connectivity index (χ1) is 13.6. The number of amides is 1. The third-order valence-electron chi connectivity index (χ3n) is 5.08. The number of likely N-dealkylation sites (tertiary alicyclic amines) is 1. The van der Waals surface area contributed by atoms with E-state index in [0.29, 0.717) is 33.7 Å². The standard InChI is InChI=1S/C22H21FN2O3/c1-27-15-6-7-16(21(12-15)28-2)20-13-18(22(26)25-9-3-4-10-25)17-11-14(23)5-8-19(17)24-20/h5-8,11-13H,3-4,9-10H2,1-2H3. The molecule has 5 nitrogen and oxygen atoms in total. The van der Waals surface area contributed by atoms with Gasteiger partial charge in [-0.3, -0.25) is 4.79 Å². The molecule has 1 fully saturated rings. The molecular formula is C22H21FN2O3. The van der Waals surface area contributed by atoms with Crippen LogP contribution in [-0.2, 0) is 0 Å². The van der Waals surface area contributed by atoms with Crippen molar-refractivity contribution in [1.82, 2.24) is 9.88 Å². The van der Waals surface area contributed by atoms with Gasteiger partial charge in [-0.15, -0.1) is 0 Å². The van der Waals surface area contributed by atoms with Crippen molar-refractivity contribution in [3.8, 4) is 22.8 Å². The highest BCUT2D eigenvalue weighted by Gasteiger charge is 2.23. The maximum Gasteiger partial charge on any atom is 0.254 e. The smallest absolute Gasteiger partial charge is 0.254 e. The zero-order chi connectivity index (χ0) is 19.7. The van der Waals surface area contributed by atoms with Crippen LogP contribution in [0.3, 0.4) is 0 Å². The van der Waals surface area contributed by atoms with Crippen LogP contribution >= 0.6 is 0 Å². The number of hydrogen-bond donors (Lipinski definition) is 0. The summed E-state index contributed by atoms with van der Waals surface area (Å²) in [4.78, 5) is 19.6. The van der Waals surface area contributed by atoms with Gasteiger partial charge in [0.2, 0.25) is 0 Å². The first-order valence-corrected chi connectivity index (χ1v) is 9.22. The summed E-state index contributed by atoms with van der Waals surface area (Å²) < 4.78 is 24.7. The molecule has 1 aliphatic heterocycles. The van der Waals surface area contributed by atoms with Crippen molar-refractivity contribution < 1.29 is 18.7 Å². The Balaban J connectivity index is 1.91. The lowest BCUT2D eigenvalue weighted by Gasteiger charge is -2.18. The molecule has 0 spiro atoms. The molecule has 2 heterocycles. The van der Waals surface area contributed by atoms with Gasteiger partial charge in [-0.25, -0.2) is 9.37 Å². The number of methoxy groups -OCH3 is 2. The number of hydrogen-bond acceptors (Lipinski definition) is 4. The number of benzene rings is 2. The number of fused-ring (bicyclic) bond motifs is 1. The van der Waals surface area contributed by atoms with E-state index in [1.165, 1.54) is 12.1 Å². The molecule has 0 N–H and O–H groups in total. The largest absolute Gasteiger partial charge is 0.497 e. The second-order valence-electron chi connectivity index (χ2n) is 6.78. The number of aromatic nitrogens is 1. The Morgan fingerprint density at radius 1 is 1.04 bits per heavy atom. The minimum Gasteiger partial charge on any atom is -0.497 e. The lowest BCUT2D eigenvalue weighted by atomic mass is 10.0. The molecule has 1 saturated heterocycles. The molecule has 0 unspecified atom stereocenters. The Kier molecular flexibility index (Phi) is 4.86. The third kappa shape index (κ3) is 3.26. The van der Waals surface area contributed by atoms with Crippen LogP contribution in [0.5, 0.6) is 11.5 Å². The number of ether oxygens (including phenoxy) is 2. The van der Waals surface area contributed by atoms with Crippen molar-refractivity contribution >= 4 is 16.8 Å². The number of carbonyl (C=O) groups is 1. The molecule has 1 amide bonds. The monoisotopic (exact) mass is 380 g/mol. The Hall–Kier alpha value is -3.15. The fourth-order valence-corrected chi connectivity index (χ4v) is 3.61. The zero-order valence-electron chi connectivity index (χ0n) is 15.9. The van der Waals surface area contributed by atoms with Gasteiger partial charge in [-0.05, 0) is 49.2 Å². The molecule has 1 aliphatic rings. The predicted octanol–water partition coefficient (Wildman–Crippen LogP) is 4.29. The summed E-state index contributed by atoms with van der Waals surface area (Å²) in [5.41, 5.74) is 2.37. The van der Waals surface area contributed by atoms with Crippen LogP contribution in [-0.4, -0.2) is 43.1 Å². The van der Waals surface area contributed by atoms with Gasteiger partial charge in [-0.1, -0.05) is 0 Å². The van der Waals surface area contributed by atoms with Crippen LogP contribution in [0.25, 0.3) is 22.2 Å². The highest BCUT2D eigenvalue weighted by molar-refractivity contribution is 6.07. The molecule has 0 saturated carbocycles. The lowest BCUT2D eigenvalue weighted by molar-refractivity contribution is 0.0794. The van der Waals surface area contributed by atoms with Crippen LogP contribution in [0.2, 0.25) is 0 Å². The van der Waals surface area contributed by atoms with Crippen LogP contribution in [0, 0.1) is 5.82 Å². The van der Waals surface area contributed by atoms with Gasteiger partial charge in [0.15, 0.2) is 0 Å². The fourth-order valence-electron chi connectivity index (χ4n) is 3.61. The van der Waals surface area contributed by atoms with Crippen molar-refractivity contribution in [3.05, 3.63) is 53.8 Å². The predicted molar refractivity (Wildman–Crippen MR) is 105 cm³/mol. The molecular weight excluding hydrogens is 359 g/mol. The van der Waals surface area contributed by atoms with Crippen LogP contribution in [0.15, 0.2) is 42.5 Å². The molecule has 1 aromatic heterocycles. The van der Waals surface area contributed by atoms with Crippen LogP contribution in [0.4, 0.5) is 4.39 Å². The molecule has 28 heavy (non-hydrogen) atoms. The van der Waals surface area contributed by atoms with E-state index in [4.69, 9.17) is 9.47 Å². The molecule has 144 valence electrons. The number of rotatable bonds is 4. The van der Waals surface area contributed by atoms with Gasteiger partial charge >= 0.3 is 0 Å². The zero-order valence-corrected chi connectivity index (χ0v) is 15.9. The summed E-state index contributed by atoms with van der Waals surface area (Å²) >= 11 is 0. The van der Waals surface area contributed by atoms with Crippen molar-refractivity contribution in [1.29, 1.82) is 0 Å². The average molecular weight is 380 g/mol.